The second-order valence-corrected chi connectivity index (χ2v) is 4.46. The van der Waals surface area contributed by atoms with Gasteiger partial charge in [-0.1, -0.05) is 6.07 Å². The number of likely N-dealkylation sites (tertiary alicyclic amines) is 1. The van der Waals surface area contributed by atoms with Crippen LogP contribution in [0.15, 0.2) is 24.4 Å². The van der Waals surface area contributed by atoms with Gasteiger partial charge in [0.1, 0.15) is 0 Å². The predicted molar refractivity (Wildman–Crippen MR) is 66.5 cm³/mol. The van der Waals surface area contributed by atoms with Gasteiger partial charge in [0.25, 0.3) is 0 Å². The summed E-state index contributed by atoms with van der Waals surface area (Å²) in [5.74, 6) is 0. The number of rotatable bonds is 5. The highest BCUT2D eigenvalue weighted by Crippen LogP contribution is 2.16. The Kier molecular flexibility index (Phi) is 4.31. The maximum Gasteiger partial charge on any atom is 0.0416 e. The molecular weight excluding hydrogens is 198 g/mol. The molecule has 1 aromatic heterocycles. The van der Waals surface area contributed by atoms with Crippen LogP contribution >= 0.6 is 0 Å². The molecule has 88 valence electrons. The van der Waals surface area contributed by atoms with E-state index in [4.69, 9.17) is 0 Å². The highest BCUT2D eigenvalue weighted by Gasteiger charge is 2.22. The minimum absolute atomic E-state index is 0.730. The molecule has 0 bridgehead atoms. The predicted octanol–water partition coefficient (Wildman–Crippen LogP) is 1.31. The minimum Gasteiger partial charge on any atom is -0.318 e. The Labute approximate surface area is 97.9 Å². The van der Waals surface area contributed by atoms with Crippen molar-refractivity contribution in [3.05, 3.63) is 30.1 Å². The average Bonchev–Trinajstić information content (AvgIpc) is 2.76. The molecule has 16 heavy (non-hydrogen) atoms. The molecule has 1 unspecified atom stereocenters. The van der Waals surface area contributed by atoms with Gasteiger partial charge in [-0.2, -0.15) is 0 Å². The second-order valence-electron chi connectivity index (χ2n) is 4.46. The van der Waals surface area contributed by atoms with Crippen LogP contribution < -0.4 is 5.32 Å². The standard InChI is InChI=1S/C13H21N3/c1-14-11-13-6-4-9-16(13)10-7-12-5-2-3-8-15-12/h2-3,5,8,13-14H,4,6-7,9-11H2,1H3. The molecule has 0 saturated carbocycles. The number of aromatic nitrogens is 1. The third kappa shape index (κ3) is 3.03. The van der Waals surface area contributed by atoms with Crippen molar-refractivity contribution >= 4 is 0 Å². The maximum atomic E-state index is 4.37. The molecule has 1 aliphatic rings. The third-order valence-electron chi connectivity index (χ3n) is 3.32. The molecule has 0 spiro atoms. The topological polar surface area (TPSA) is 28.2 Å². The van der Waals surface area contributed by atoms with Gasteiger partial charge in [-0.15, -0.1) is 0 Å². The van der Waals surface area contributed by atoms with Gasteiger partial charge in [0, 0.05) is 37.4 Å². The minimum atomic E-state index is 0.730. The molecule has 1 atom stereocenters. The van der Waals surface area contributed by atoms with E-state index in [-0.39, 0.29) is 0 Å². The van der Waals surface area contributed by atoms with Crippen LogP contribution in [0.5, 0.6) is 0 Å². The molecule has 0 aliphatic carbocycles. The lowest BCUT2D eigenvalue weighted by molar-refractivity contribution is 0.253. The smallest absolute Gasteiger partial charge is 0.0416 e. The molecule has 1 N–H and O–H groups in total. The SMILES string of the molecule is CNCC1CCCN1CCc1ccccn1. The summed E-state index contributed by atoms with van der Waals surface area (Å²) in [4.78, 5) is 6.96. The first kappa shape index (κ1) is 11.6. The molecule has 1 fully saturated rings. The lowest BCUT2D eigenvalue weighted by atomic mass is 10.2. The second kappa shape index (κ2) is 5.97. The highest BCUT2D eigenvalue weighted by atomic mass is 15.2. The van der Waals surface area contributed by atoms with Gasteiger partial charge in [-0.05, 0) is 38.6 Å². The van der Waals surface area contributed by atoms with Crippen LogP contribution in [-0.2, 0) is 6.42 Å². The fourth-order valence-electron chi connectivity index (χ4n) is 2.46. The van der Waals surface area contributed by atoms with Crippen LogP contribution in [0.1, 0.15) is 18.5 Å². The molecule has 0 radical (unpaired) electrons. The normalized spacial score (nSPS) is 21.4. The van der Waals surface area contributed by atoms with Crippen molar-refractivity contribution in [3.63, 3.8) is 0 Å². The van der Waals surface area contributed by atoms with Crippen LogP contribution in [0.2, 0.25) is 0 Å². The van der Waals surface area contributed by atoms with Gasteiger partial charge in [0.15, 0.2) is 0 Å². The molecule has 0 aromatic carbocycles. The van der Waals surface area contributed by atoms with Crippen LogP contribution in [0, 0.1) is 0 Å². The Balaban J connectivity index is 1.81. The Morgan fingerprint density at radius 1 is 1.50 bits per heavy atom. The third-order valence-corrected chi connectivity index (χ3v) is 3.32. The largest absolute Gasteiger partial charge is 0.318 e. The summed E-state index contributed by atoms with van der Waals surface area (Å²) in [5.41, 5.74) is 1.21. The van der Waals surface area contributed by atoms with Crippen LogP contribution in [0.25, 0.3) is 0 Å². The molecule has 3 nitrogen and oxygen atoms in total. The summed E-state index contributed by atoms with van der Waals surface area (Å²) >= 11 is 0. The number of nitrogens with zero attached hydrogens (tertiary/aromatic N) is 2. The summed E-state index contributed by atoms with van der Waals surface area (Å²) in [6.45, 7) is 3.50. The van der Waals surface area contributed by atoms with Crippen molar-refractivity contribution in [1.82, 2.24) is 15.2 Å². The quantitative estimate of drug-likeness (QED) is 0.809. The summed E-state index contributed by atoms with van der Waals surface area (Å²) in [7, 11) is 2.04. The molecule has 1 aromatic rings. The summed E-state index contributed by atoms with van der Waals surface area (Å²) < 4.78 is 0. The molecule has 1 saturated heterocycles. The molecule has 0 amide bonds. The van der Waals surface area contributed by atoms with E-state index in [0.29, 0.717) is 0 Å². The molecular formula is C13H21N3. The van der Waals surface area contributed by atoms with E-state index in [2.05, 4.69) is 27.3 Å². The Bertz CT molecular complexity index is 299. The van der Waals surface area contributed by atoms with Gasteiger partial charge >= 0.3 is 0 Å². The summed E-state index contributed by atoms with van der Waals surface area (Å²) in [6, 6.07) is 6.89. The Hall–Kier alpha value is -0.930. The van der Waals surface area contributed by atoms with Crippen LogP contribution in [-0.4, -0.2) is 42.6 Å². The zero-order valence-corrected chi connectivity index (χ0v) is 10.0. The van der Waals surface area contributed by atoms with Crippen LogP contribution in [0.3, 0.4) is 0 Å². The van der Waals surface area contributed by atoms with E-state index < -0.39 is 0 Å². The van der Waals surface area contributed by atoms with Crippen molar-refractivity contribution in [2.75, 3.05) is 26.7 Å². The van der Waals surface area contributed by atoms with Gasteiger partial charge < -0.3 is 5.32 Å². The van der Waals surface area contributed by atoms with Crippen molar-refractivity contribution in [2.24, 2.45) is 0 Å². The zero-order chi connectivity index (χ0) is 11.2. The number of hydrogen-bond acceptors (Lipinski definition) is 3. The monoisotopic (exact) mass is 219 g/mol. The van der Waals surface area contributed by atoms with E-state index in [9.17, 15) is 0 Å². The Morgan fingerprint density at radius 3 is 3.19 bits per heavy atom. The maximum absolute atomic E-state index is 4.37. The molecule has 2 rings (SSSR count). The van der Waals surface area contributed by atoms with Crippen molar-refractivity contribution in [1.29, 1.82) is 0 Å². The Morgan fingerprint density at radius 2 is 2.44 bits per heavy atom. The number of likely N-dealkylation sites (N-methyl/N-ethyl adjacent to an activating group) is 1. The van der Waals surface area contributed by atoms with Gasteiger partial charge in [0.05, 0.1) is 0 Å². The summed E-state index contributed by atoms with van der Waals surface area (Å²) in [5, 5.41) is 3.28. The fraction of sp³-hybridized carbons (Fsp3) is 0.615. The number of nitrogens with one attached hydrogen (secondary N) is 1. The molecule has 1 aliphatic heterocycles. The first-order valence-electron chi connectivity index (χ1n) is 6.18. The van der Waals surface area contributed by atoms with Crippen LogP contribution in [0.4, 0.5) is 0 Å². The molecule has 2 heterocycles. The van der Waals surface area contributed by atoms with E-state index in [0.717, 1.165) is 25.6 Å². The molecule has 3 heteroatoms. The van der Waals surface area contributed by atoms with Gasteiger partial charge in [-0.25, -0.2) is 0 Å². The van der Waals surface area contributed by atoms with Gasteiger partial charge in [0.2, 0.25) is 0 Å². The average molecular weight is 219 g/mol. The van der Waals surface area contributed by atoms with Gasteiger partial charge in [-0.3, -0.25) is 9.88 Å². The first-order chi connectivity index (χ1) is 7.90. The zero-order valence-electron chi connectivity index (χ0n) is 10.0. The lowest BCUT2D eigenvalue weighted by Crippen LogP contribution is -2.37. The van der Waals surface area contributed by atoms with E-state index in [1.54, 1.807) is 0 Å². The van der Waals surface area contributed by atoms with E-state index >= 15 is 0 Å². The van der Waals surface area contributed by atoms with Crippen molar-refractivity contribution < 1.29 is 0 Å². The van der Waals surface area contributed by atoms with Crippen molar-refractivity contribution in [2.45, 2.75) is 25.3 Å². The lowest BCUT2D eigenvalue weighted by Gasteiger charge is -2.23. The fourth-order valence-corrected chi connectivity index (χ4v) is 2.46. The van der Waals surface area contributed by atoms with Crippen molar-refractivity contribution in [3.8, 4) is 0 Å². The summed E-state index contributed by atoms with van der Waals surface area (Å²) in [6.07, 6.45) is 5.63. The highest BCUT2D eigenvalue weighted by molar-refractivity contribution is 5.04. The number of hydrogen-bond donors (Lipinski definition) is 1. The first-order valence-corrected chi connectivity index (χ1v) is 6.18. The number of pyridine rings is 1. The van der Waals surface area contributed by atoms with E-state index in [1.807, 2.05) is 19.3 Å². The van der Waals surface area contributed by atoms with E-state index in [1.165, 1.54) is 25.1 Å².